The van der Waals surface area contributed by atoms with Crippen LogP contribution < -0.4 is 5.32 Å². The van der Waals surface area contributed by atoms with E-state index in [2.05, 4.69) is 10.5 Å². The van der Waals surface area contributed by atoms with Crippen molar-refractivity contribution in [1.29, 1.82) is 0 Å². The van der Waals surface area contributed by atoms with Crippen molar-refractivity contribution in [3.8, 4) is 11.3 Å². The fourth-order valence-corrected chi connectivity index (χ4v) is 4.85. The van der Waals surface area contributed by atoms with Crippen molar-refractivity contribution >= 4 is 25.3 Å². The first-order chi connectivity index (χ1) is 15.4. The number of rotatable bonds is 10. The van der Waals surface area contributed by atoms with Gasteiger partial charge in [0.1, 0.15) is 0 Å². The minimum absolute atomic E-state index is 0.178. The zero-order valence-corrected chi connectivity index (χ0v) is 19.3. The standard InChI is InChI=1S/C24H27N2O5P/c1-4-29-32(28,30-5-2)17-19-11-13-21(14-12-19)25-23(27)16-15-22-18(3)26-31-24(22)20-9-7-6-8-10-20/h6-16H,4-5,17H2,1-3H3,(H,25,27)/b16-15+. The number of aryl methyl sites for hydroxylation is 1. The van der Waals surface area contributed by atoms with Gasteiger partial charge in [-0.25, -0.2) is 0 Å². The van der Waals surface area contributed by atoms with Crippen molar-refractivity contribution < 1.29 is 22.9 Å². The second-order valence-corrected chi connectivity index (χ2v) is 9.06. The molecule has 0 aliphatic rings. The van der Waals surface area contributed by atoms with Crippen LogP contribution in [0.1, 0.15) is 30.7 Å². The number of benzene rings is 2. The van der Waals surface area contributed by atoms with Crippen molar-refractivity contribution in [2.24, 2.45) is 0 Å². The van der Waals surface area contributed by atoms with Gasteiger partial charge < -0.3 is 18.9 Å². The van der Waals surface area contributed by atoms with E-state index >= 15 is 0 Å². The molecule has 1 N–H and O–H groups in total. The van der Waals surface area contributed by atoms with E-state index in [4.69, 9.17) is 13.6 Å². The Morgan fingerprint density at radius 2 is 1.72 bits per heavy atom. The van der Waals surface area contributed by atoms with Crippen LogP contribution in [-0.4, -0.2) is 24.3 Å². The molecule has 0 bridgehead atoms. The molecule has 0 atom stereocenters. The van der Waals surface area contributed by atoms with E-state index in [-0.39, 0.29) is 12.1 Å². The molecule has 32 heavy (non-hydrogen) atoms. The molecule has 3 aromatic rings. The number of carbonyl (C=O) groups excluding carboxylic acids is 1. The highest BCUT2D eigenvalue weighted by atomic mass is 31.2. The Hall–Kier alpha value is -2.99. The van der Waals surface area contributed by atoms with Gasteiger partial charge in [0.2, 0.25) is 5.91 Å². The molecule has 0 spiro atoms. The lowest BCUT2D eigenvalue weighted by molar-refractivity contribution is -0.111. The third kappa shape index (κ3) is 6.26. The van der Waals surface area contributed by atoms with Crippen molar-refractivity contribution in [2.75, 3.05) is 18.5 Å². The molecule has 0 saturated carbocycles. The van der Waals surface area contributed by atoms with Gasteiger partial charge in [-0.15, -0.1) is 0 Å². The molecule has 3 rings (SSSR count). The maximum atomic E-state index is 12.7. The highest BCUT2D eigenvalue weighted by molar-refractivity contribution is 7.53. The molecule has 1 amide bonds. The van der Waals surface area contributed by atoms with Crippen LogP contribution in [0.5, 0.6) is 0 Å². The first-order valence-electron chi connectivity index (χ1n) is 10.4. The maximum absolute atomic E-state index is 12.7. The molecule has 1 heterocycles. The van der Waals surface area contributed by atoms with E-state index in [1.807, 2.05) is 37.3 Å². The summed E-state index contributed by atoms with van der Waals surface area (Å²) in [5.74, 6) is 0.330. The second kappa shape index (κ2) is 11.0. The lowest BCUT2D eigenvalue weighted by Crippen LogP contribution is -2.07. The van der Waals surface area contributed by atoms with Gasteiger partial charge in [-0.05, 0) is 44.5 Å². The van der Waals surface area contributed by atoms with Crippen molar-refractivity contribution in [3.63, 3.8) is 0 Å². The first kappa shape index (κ1) is 23.7. The van der Waals surface area contributed by atoms with Gasteiger partial charge in [0.15, 0.2) is 5.76 Å². The number of aromatic nitrogens is 1. The molecule has 8 heteroatoms. The Kier molecular flexibility index (Phi) is 8.17. The summed E-state index contributed by atoms with van der Waals surface area (Å²) >= 11 is 0. The van der Waals surface area contributed by atoms with Gasteiger partial charge in [-0.1, -0.05) is 47.6 Å². The van der Waals surface area contributed by atoms with Gasteiger partial charge in [-0.3, -0.25) is 9.36 Å². The number of nitrogens with zero attached hydrogens (tertiary/aromatic N) is 1. The summed E-state index contributed by atoms with van der Waals surface area (Å²) in [6, 6.07) is 16.7. The summed E-state index contributed by atoms with van der Waals surface area (Å²) in [6.45, 7) is 6.02. The van der Waals surface area contributed by atoms with Gasteiger partial charge in [0.05, 0.1) is 25.1 Å². The molecule has 0 radical (unpaired) electrons. The van der Waals surface area contributed by atoms with E-state index in [1.54, 1.807) is 44.2 Å². The minimum Gasteiger partial charge on any atom is -0.355 e. The Morgan fingerprint density at radius 3 is 2.34 bits per heavy atom. The predicted octanol–water partition coefficient (Wildman–Crippen LogP) is 6.07. The summed E-state index contributed by atoms with van der Waals surface area (Å²) in [4.78, 5) is 12.4. The number of hydrogen-bond donors (Lipinski definition) is 1. The average molecular weight is 454 g/mol. The molecule has 0 fully saturated rings. The fraction of sp³-hybridized carbons (Fsp3) is 0.250. The summed E-state index contributed by atoms with van der Waals surface area (Å²) in [7, 11) is -3.17. The molecular weight excluding hydrogens is 427 g/mol. The number of nitrogens with one attached hydrogen (secondary N) is 1. The smallest absolute Gasteiger partial charge is 0.335 e. The van der Waals surface area contributed by atoms with E-state index in [0.717, 1.165) is 16.7 Å². The SMILES string of the molecule is CCOP(=O)(Cc1ccc(NC(=O)/C=C/c2c(C)noc2-c2ccccc2)cc1)OCC. The Morgan fingerprint density at radius 1 is 1.06 bits per heavy atom. The number of amides is 1. The van der Waals surface area contributed by atoms with Gasteiger partial charge in [-0.2, -0.15) is 0 Å². The van der Waals surface area contributed by atoms with Gasteiger partial charge in [0.25, 0.3) is 0 Å². The third-order valence-electron chi connectivity index (χ3n) is 4.59. The van der Waals surface area contributed by atoms with Crippen LogP contribution in [0.4, 0.5) is 5.69 Å². The predicted molar refractivity (Wildman–Crippen MR) is 125 cm³/mol. The number of anilines is 1. The molecule has 1 aromatic heterocycles. The van der Waals surface area contributed by atoms with Crippen molar-refractivity contribution in [2.45, 2.75) is 26.9 Å². The summed E-state index contributed by atoms with van der Waals surface area (Å²) in [5.41, 5.74) is 3.77. The third-order valence-corrected chi connectivity index (χ3v) is 6.65. The number of carbonyl (C=O) groups is 1. The Balaban J connectivity index is 1.66. The largest absolute Gasteiger partial charge is 0.355 e. The van der Waals surface area contributed by atoms with Crippen molar-refractivity contribution in [3.05, 3.63) is 77.5 Å². The summed E-state index contributed by atoms with van der Waals surface area (Å²) < 4.78 is 28.8. The van der Waals surface area contributed by atoms with Crippen LogP contribution in [0.2, 0.25) is 0 Å². The molecule has 0 unspecified atom stereocenters. The van der Waals surface area contributed by atoms with Crippen LogP contribution >= 0.6 is 7.60 Å². The second-order valence-electron chi connectivity index (χ2n) is 7.00. The van der Waals surface area contributed by atoms with Crippen LogP contribution in [0.25, 0.3) is 17.4 Å². The lowest BCUT2D eigenvalue weighted by Gasteiger charge is -2.17. The first-order valence-corrected chi connectivity index (χ1v) is 12.1. The fourth-order valence-electron chi connectivity index (χ4n) is 3.15. The van der Waals surface area contributed by atoms with Crippen LogP contribution in [-0.2, 0) is 24.6 Å². The zero-order valence-electron chi connectivity index (χ0n) is 18.4. The highest BCUT2D eigenvalue weighted by Crippen LogP contribution is 2.51. The van der Waals surface area contributed by atoms with Crippen LogP contribution in [0.3, 0.4) is 0 Å². The Bertz CT molecular complexity index is 1100. The number of hydrogen-bond acceptors (Lipinski definition) is 6. The molecular formula is C24H27N2O5P. The molecule has 168 valence electrons. The highest BCUT2D eigenvalue weighted by Gasteiger charge is 2.23. The van der Waals surface area contributed by atoms with Gasteiger partial charge in [0, 0.05) is 22.9 Å². The average Bonchev–Trinajstić information content (AvgIpc) is 3.15. The molecule has 0 aliphatic carbocycles. The normalized spacial score (nSPS) is 11.7. The van der Waals surface area contributed by atoms with E-state index in [1.165, 1.54) is 6.08 Å². The molecule has 0 saturated heterocycles. The van der Waals surface area contributed by atoms with Crippen LogP contribution in [0, 0.1) is 6.92 Å². The molecule has 2 aromatic carbocycles. The molecule has 0 aliphatic heterocycles. The van der Waals surface area contributed by atoms with E-state index < -0.39 is 7.60 Å². The van der Waals surface area contributed by atoms with Crippen LogP contribution in [0.15, 0.2) is 65.2 Å². The van der Waals surface area contributed by atoms with Crippen molar-refractivity contribution in [1.82, 2.24) is 5.16 Å². The Labute approximate surface area is 188 Å². The topological polar surface area (TPSA) is 90.7 Å². The van der Waals surface area contributed by atoms with Gasteiger partial charge >= 0.3 is 7.60 Å². The monoisotopic (exact) mass is 454 g/mol. The zero-order chi connectivity index (χ0) is 23.0. The van der Waals surface area contributed by atoms with E-state index in [9.17, 15) is 9.36 Å². The van der Waals surface area contributed by atoms with E-state index in [0.29, 0.717) is 30.4 Å². The summed E-state index contributed by atoms with van der Waals surface area (Å²) in [6.07, 6.45) is 3.31. The maximum Gasteiger partial charge on any atom is 0.335 e. The lowest BCUT2D eigenvalue weighted by atomic mass is 10.1. The minimum atomic E-state index is -3.17. The quantitative estimate of drug-likeness (QED) is 0.295. The summed E-state index contributed by atoms with van der Waals surface area (Å²) in [5, 5.41) is 6.83. The molecule has 7 nitrogen and oxygen atoms in total.